The topological polar surface area (TPSA) is 41.0 Å². The first-order valence-corrected chi connectivity index (χ1v) is 8.54. The fourth-order valence-electron chi connectivity index (χ4n) is 3.07. The van der Waals surface area contributed by atoms with Gasteiger partial charge in [-0.15, -0.1) is 0 Å². The lowest BCUT2D eigenvalue weighted by Gasteiger charge is -2.34. The molecule has 122 valence electrons. The quantitative estimate of drug-likeness (QED) is 0.927. The van der Waals surface area contributed by atoms with Crippen LogP contribution >= 0.6 is 0 Å². The molecule has 0 saturated carbocycles. The number of rotatable bonds is 4. The van der Waals surface area contributed by atoms with Crippen LogP contribution in [-0.4, -0.2) is 29.1 Å². The molecule has 23 heavy (non-hydrogen) atoms. The molecule has 3 rings (SSSR count). The van der Waals surface area contributed by atoms with Crippen LogP contribution in [-0.2, 0) is 0 Å². The van der Waals surface area contributed by atoms with E-state index in [4.69, 9.17) is 4.98 Å². The number of nitrogens with zero attached hydrogens (tertiary/aromatic N) is 3. The number of hydrogen-bond donors (Lipinski definition) is 1. The van der Waals surface area contributed by atoms with E-state index in [2.05, 4.69) is 72.4 Å². The van der Waals surface area contributed by atoms with Crippen LogP contribution in [0.2, 0.25) is 0 Å². The highest BCUT2D eigenvalue weighted by atomic mass is 15.2. The van der Waals surface area contributed by atoms with Crippen LogP contribution in [0.1, 0.15) is 44.1 Å². The first kappa shape index (κ1) is 15.8. The van der Waals surface area contributed by atoms with E-state index in [-0.39, 0.29) is 0 Å². The van der Waals surface area contributed by atoms with Gasteiger partial charge < -0.3 is 10.2 Å². The SMILES string of the molecule is Cc1cc(N2CCCC(Nc3ccccc3)C2)nc(C(C)C)n1. The van der Waals surface area contributed by atoms with Crippen molar-refractivity contribution in [2.45, 2.75) is 45.6 Å². The molecule has 4 heteroatoms. The molecule has 0 bridgehead atoms. The second-order valence-electron chi connectivity index (χ2n) is 6.68. The average molecular weight is 310 g/mol. The molecular weight excluding hydrogens is 284 g/mol. The van der Waals surface area contributed by atoms with E-state index in [1.165, 1.54) is 18.5 Å². The summed E-state index contributed by atoms with van der Waals surface area (Å²) in [5.41, 5.74) is 2.25. The molecular formula is C19H26N4. The molecule has 1 aromatic heterocycles. The van der Waals surface area contributed by atoms with Crippen molar-refractivity contribution in [2.24, 2.45) is 0 Å². The van der Waals surface area contributed by atoms with Gasteiger partial charge in [0.15, 0.2) is 0 Å². The number of anilines is 2. The maximum Gasteiger partial charge on any atom is 0.133 e. The third kappa shape index (κ3) is 4.01. The summed E-state index contributed by atoms with van der Waals surface area (Å²) < 4.78 is 0. The van der Waals surface area contributed by atoms with Crippen LogP contribution in [0.5, 0.6) is 0 Å². The highest BCUT2D eigenvalue weighted by Crippen LogP contribution is 2.22. The van der Waals surface area contributed by atoms with E-state index in [0.717, 1.165) is 30.4 Å². The third-order valence-corrected chi connectivity index (χ3v) is 4.26. The van der Waals surface area contributed by atoms with Crippen LogP contribution in [0.25, 0.3) is 0 Å². The van der Waals surface area contributed by atoms with Crippen molar-refractivity contribution in [3.05, 3.63) is 47.9 Å². The van der Waals surface area contributed by atoms with E-state index >= 15 is 0 Å². The van der Waals surface area contributed by atoms with Gasteiger partial charge in [0, 0.05) is 42.5 Å². The summed E-state index contributed by atoms with van der Waals surface area (Å²) in [6.07, 6.45) is 2.39. The molecule has 0 spiro atoms. The van der Waals surface area contributed by atoms with Gasteiger partial charge in [0.05, 0.1) is 0 Å². The van der Waals surface area contributed by atoms with Crippen molar-refractivity contribution in [1.29, 1.82) is 0 Å². The van der Waals surface area contributed by atoms with Crippen molar-refractivity contribution in [3.63, 3.8) is 0 Å². The summed E-state index contributed by atoms with van der Waals surface area (Å²) >= 11 is 0. The Labute approximate surface area is 139 Å². The Bertz CT molecular complexity index is 639. The van der Waals surface area contributed by atoms with Gasteiger partial charge in [-0.1, -0.05) is 32.0 Å². The summed E-state index contributed by atoms with van der Waals surface area (Å²) in [7, 11) is 0. The first-order valence-electron chi connectivity index (χ1n) is 8.54. The maximum atomic E-state index is 4.79. The van der Waals surface area contributed by atoms with Crippen LogP contribution < -0.4 is 10.2 Å². The Morgan fingerprint density at radius 1 is 1.17 bits per heavy atom. The Hall–Kier alpha value is -2.10. The monoisotopic (exact) mass is 310 g/mol. The molecule has 1 unspecified atom stereocenters. The molecule has 2 heterocycles. The van der Waals surface area contributed by atoms with E-state index in [1.54, 1.807) is 0 Å². The highest BCUT2D eigenvalue weighted by molar-refractivity contribution is 5.46. The molecule has 1 fully saturated rings. The highest BCUT2D eigenvalue weighted by Gasteiger charge is 2.21. The Morgan fingerprint density at radius 3 is 2.70 bits per heavy atom. The molecule has 4 nitrogen and oxygen atoms in total. The largest absolute Gasteiger partial charge is 0.381 e. The van der Waals surface area contributed by atoms with Gasteiger partial charge in [-0.2, -0.15) is 0 Å². The molecule has 1 N–H and O–H groups in total. The Kier molecular flexibility index (Phi) is 4.79. The smallest absolute Gasteiger partial charge is 0.133 e. The average Bonchev–Trinajstić information content (AvgIpc) is 2.55. The summed E-state index contributed by atoms with van der Waals surface area (Å²) in [5, 5.41) is 3.65. The number of aromatic nitrogens is 2. The number of hydrogen-bond acceptors (Lipinski definition) is 4. The van der Waals surface area contributed by atoms with Crippen LogP contribution in [0, 0.1) is 6.92 Å². The zero-order chi connectivity index (χ0) is 16.2. The summed E-state index contributed by atoms with van der Waals surface area (Å²) in [4.78, 5) is 11.7. The number of aryl methyl sites for hydroxylation is 1. The molecule has 1 aromatic carbocycles. The zero-order valence-electron chi connectivity index (χ0n) is 14.3. The van der Waals surface area contributed by atoms with Crippen molar-refractivity contribution in [2.75, 3.05) is 23.3 Å². The molecule has 1 atom stereocenters. The van der Waals surface area contributed by atoms with Gasteiger partial charge in [0.25, 0.3) is 0 Å². The maximum absolute atomic E-state index is 4.79. The molecule has 1 aliphatic heterocycles. The van der Waals surface area contributed by atoms with Gasteiger partial charge in [-0.25, -0.2) is 9.97 Å². The number of nitrogens with one attached hydrogen (secondary N) is 1. The second kappa shape index (κ2) is 6.99. The summed E-state index contributed by atoms with van der Waals surface area (Å²) in [6.45, 7) is 8.41. The lowest BCUT2D eigenvalue weighted by atomic mass is 10.1. The van der Waals surface area contributed by atoms with Crippen LogP contribution in [0.15, 0.2) is 36.4 Å². The van der Waals surface area contributed by atoms with E-state index in [9.17, 15) is 0 Å². The number of para-hydroxylation sites is 1. The minimum atomic E-state index is 0.358. The van der Waals surface area contributed by atoms with Crippen molar-refractivity contribution < 1.29 is 0 Å². The van der Waals surface area contributed by atoms with Gasteiger partial charge in [0.2, 0.25) is 0 Å². The van der Waals surface area contributed by atoms with Crippen molar-refractivity contribution in [1.82, 2.24) is 9.97 Å². The predicted molar refractivity (Wildman–Crippen MR) is 96.2 cm³/mol. The predicted octanol–water partition coefficient (Wildman–Crippen LogP) is 3.99. The standard InChI is InChI=1S/C19H26N4/c1-14(2)19-20-15(3)12-18(22-19)23-11-7-10-17(13-23)21-16-8-5-4-6-9-16/h4-6,8-9,12,14,17,21H,7,10-11,13H2,1-3H3. The minimum Gasteiger partial charge on any atom is -0.381 e. The van der Waals surface area contributed by atoms with Crippen molar-refractivity contribution in [3.8, 4) is 0 Å². The third-order valence-electron chi connectivity index (χ3n) is 4.26. The second-order valence-corrected chi connectivity index (χ2v) is 6.68. The van der Waals surface area contributed by atoms with Crippen molar-refractivity contribution >= 4 is 11.5 Å². The van der Waals surface area contributed by atoms with Gasteiger partial charge in [0.1, 0.15) is 11.6 Å². The summed E-state index contributed by atoms with van der Waals surface area (Å²) in [6, 6.07) is 13.0. The lowest BCUT2D eigenvalue weighted by molar-refractivity contribution is 0.525. The molecule has 1 saturated heterocycles. The zero-order valence-corrected chi connectivity index (χ0v) is 14.3. The van der Waals surface area contributed by atoms with E-state index in [1.807, 2.05) is 0 Å². The molecule has 1 aliphatic rings. The van der Waals surface area contributed by atoms with Gasteiger partial charge in [-0.05, 0) is 31.9 Å². The molecule has 0 radical (unpaired) electrons. The summed E-state index contributed by atoms with van der Waals surface area (Å²) in [5.74, 6) is 2.37. The fraction of sp³-hybridized carbons (Fsp3) is 0.474. The Balaban J connectivity index is 1.73. The van der Waals surface area contributed by atoms with E-state index in [0.29, 0.717) is 12.0 Å². The van der Waals surface area contributed by atoms with Gasteiger partial charge in [-0.3, -0.25) is 0 Å². The van der Waals surface area contributed by atoms with Crippen LogP contribution in [0.4, 0.5) is 11.5 Å². The molecule has 2 aromatic rings. The normalized spacial score (nSPS) is 18.3. The number of benzene rings is 1. The van der Waals surface area contributed by atoms with Crippen LogP contribution in [0.3, 0.4) is 0 Å². The molecule has 0 aliphatic carbocycles. The Morgan fingerprint density at radius 2 is 1.96 bits per heavy atom. The molecule has 0 amide bonds. The first-order chi connectivity index (χ1) is 11.1. The fourth-order valence-corrected chi connectivity index (χ4v) is 3.07. The van der Waals surface area contributed by atoms with E-state index < -0.39 is 0 Å². The minimum absolute atomic E-state index is 0.358. The lowest BCUT2D eigenvalue weighted by Crippen LogP contribution is -2.42. The van der Waals surface area contributed by atoms with Gasteiger partial charge >= 0.3 is 0 Å². The number of piperidine rings is 1.